The van der Waals surface area contributed by atoms with Gasteiger partial charge < -0.3 is 15.2 Å². The van der Waals surface area contributed by atoms with Gasteiger partial charge in [-0.25, -0.2) is 15.0 Å². The highest BCUT2D eigenvalue weighted by Gasteiger charge is 2.20. The molecule has 3 rings (SSSR count). The Hall–Kier alpha value is -1.82. The van der Waals surface area contributed by atoms with Gasteiger partial charge in [0.25, 0.3) is 0 Å². The summed E-state index contributed by atoms with van der Waals surface area (Å²) in [4.78, 5) is 14.4. The molecule has 2 aromatic rings. The number of nitrogens with two attached hydrogens (primary N) is 1. The van der Waals surface area contributed by atoms with E-state index in [1.807, 2.05) is 6.20 Å². The predicted octanol–water partition coefficient (Wildman–Crippen LogP) is 0.929. The Morgan fingerprint density at radius 2 is 2.12 bits per heavy atom. The predicted molar refractivity (Wildman–Crippen MR) is 64.7 cm³/mol. The van der Waals surface area contributed by atoms with Gasteiger partial charge in [-0.15, -0.1) is 0 Å². The molecule has 2 aromatic heterocycles. The average molecular weight is 251 g/mol. The molecular weight excluding hydrogens is 240 g/mol. The second kappa shape index (κ2) is 3.89. The smallest absolute Gasteiger partial charge is 0.153 e. The van der Waals surface area contributed by atoms with Gasteiger partial charge in [0.15, 0.2) is 5.82 Å². The summed E-state index contributed by atoms with van der Waals surface area (Å²) < 4.78 is 2.12. The molecule has 0 atom stereocenters. The first kappa shape index (κ1) is 10.3. The van der Waals surface area contributed by atoms with Crippen LogP contribution in [0.4, 0.5) is 11.6 Å². The summed E-state index contributed by atoms with van der Waals surface area (Å²) in [6.07, 6.45) is 5.20. The zero-order chi connectivity index (χ0) is 11.8. The van der Waals surface area contributed by atoms with E-state index in [1.54, 1.807) is 6.20 Å². The summed E-state index contributed by atoms with van der Waals surface area (Å²) in [5, 5.41) is 0.410. The van der Waals surface area contributed by atoms with Crippen molar-refractivity contribution in [1.82, 2.24) is 19.5 Å². The average Bonchev–Trinajstić information content (AvgIpc) is 2.79. The lowest BCUT2D eigenvalue weighted by molar-refractivity contribution is 0.556. The fourth-order valence-electron chi connectivity index (χ4n) is 1.95. The highest BCUT2D eigenvalue weighted by molar-refractivity contribution is 6.35. The van der Waals surface area contributed by atoms with Crippen LogP contribution >= 0.6 is 11.6 Å². The molecule has 1 aliphatic rings. The van der Waals surface area contributed by atoms with Gasteiger partial charge in [-0.3, -0.25) is 0 Å². The van der Waals surface area contributed by atoms with E-state index in [1.165, 1.54) is 6.33 Å². The maximum atomic E-state index is 6.11. The van der Waals surface area contributed by atoms with Crippen molar-refractivity contribution in [3.05, 3.63) is 29.6 Å². The molecule has 0 aromatic carbocycles. The molecule has 0 amide bonds. The number of hydrogen-bond acceptors (Lipinski definition) is 5. The zero-order valence-electron chi connectivity index (χ0n) is 9.04. The highest BCUT2D eigenvalue weighted by atomic mass is 35.5. The van der Waals surface area contributed by atoms with Gasteiger partial charge in [0.05, 0.1) is 6.54 Å². The van der Waals surface area contributed by atoms with Crippen molar-refractivity contribution in [2.75, 3.05) is 17.2 Å². The minimum atomic E-state index is 0.311. The summed E-state index contributed by atoms with van der Waals surface area (Å²) in [5.74, 6) is 1.99. The largest absolute Gasteiger partial charge is 0.382 e. The number of nitrogen functional groups attached to an aromatic ring is 1. The molecule has 0 fully saturated rings. The number of rotatable bonds is 1. The molecule has 0 radical (unpaired) electrons. The maximum absolute atomic E-state index is 6.11. The van der Waals surface area contributed by atoms with Gasteiger partial charge in [-0.05, 0) is 0 Å². The first-order chi connectivity index (χ1) is 8.25. The zero-order valence-corrected chi connectivity index (χ0v) is 9.80. The quantitative estimate of drug-likeness (QED) is 0.815. The standard InChI is InChI=1S/C10H11ClN6/c11-8-9(12)14-6-15-10(8)17-4-3-16-2-1-13-7(16)5-17/h1-2,6H,3-5H2,(H2,12,14,15). The van der Waals surface area contributed by atoms with E-state index >= 15 is 0 Å². The normalized spacial score (nSPS) is 14.8. The summed E-state index contributed by atoms with van der Waals surface area (Å²) in [5.41, 5.74) is 5.67. The number of anilines is 2. The minimum Gasteiger partial charge on any atom is -0.382 e. The van der Waals surface area contributed by atoms with Gasteiger partial charge in [0, 0.05) is 25.5 Å². The highest BCUT2D eigenvalue weighted by Crippen LogP contribution is 2.28. The lowest BCUT2D eigenvalue weighted by atomic mass is 10.3. The van der Waals surface area contributed by atoms with Crippen LogP contribution in [0.25, 0.3) is 0 Å². The van der Waals surface area contributed by atoms with Crippen molar-refractivity contribution >= 4 is 23.2 Å². The molecule has 0 saturated heterocycles. The van der Waals surface area contributed by atoms with Gasteiger partial charge in [-0.1, -0.05) is 11.6 Å². The second-order valence-corrected chi connectivity index (χ2v) is 4.23. The van der Waals surface area contributed by atoms with Gasteiger partial charge in [-0.2, -0.15) is 0 Å². The van der Waals surface area contributed by atoms with E-state index < -0.39 is 0 Å². The maximum Gasteiger partial charge on any atom is 0.153 e. The molecule has 0 unspecified atom stereocenters. The minimum absolute atomic E-state index is 0.311. The Bertz CT molecular complexity index is 551. The molecule has 17 heavy (non-hydrogen) atoms. The van der Waals surface area contributed by atoms with E-state index in [2.05, 4.69) is 24.4 Å². The van der Waals surface area contributed by atoms with Gasteiger partial charge >= 0.3 is 0 Å². The fourth-order valence-corrected chi connectivity index (χ4v) is 2.17. The van der Waals surface area contributed by atoms with Crippen molar-refractivity contribution in [3.8, 4) is 0 Å². The summed E-state index contributed by atoms with van der Waals surface area (Å²) in [7, 11) is 0. The molecule has 3 heterocycles. The Morgan fingerprint density at radius 3 is 3.00 bits per heavy atom. The van der Waals surface area contributed by atoms with Crippen molar-refractivity contribution in [1.29, 1.82) is 0 Å². The van der Waals surface area contributed by atoms with Gasteiger partial charge in [0.2, 0.25) is 0 Å². The fraction of sp³-hybridized carbons (Fsp3) is 0.300. The second-order valence-electron chi connectivity index (χ2n) is 3.85. The molecule has 0 aliphatic carbocycles. The van der Waals surface area contributed by atoms with Crippen molar-refractivity contribution in [3.63, 3.8) is 0 Å². The van der Waals surface area contributed by atoms with Crippen LogP contribution in [0.2, 0.25) is 5.02 Å². The number of aromatic nitrogens is 4. The van der Waals surface area contributed by atoms with E-state index in [0.717, 1.165) is 18.9 Å². The molecule has 0 saturated carbocycles. The monoisotopic (exact) mass is 250 g/mol. The third-order valence-corrected chi connectivity index (χ3v) is 3.21. The Labute approximate surface area is 103 Å². The first-order valence-corrected chi connectivity index (χ1v) is 5.64. The Morgan fingerprint density at radius 1 is 1.24 bits per heavy atom. The molecule has 1 aliphatic heterocycles. The third-order valence-electron chi connectivity index (χ3n) is 2.84. The summed E-state index contributed by atoms with van der Waals surface area (Å²) in [6.45, 7) is 2.39. The van der Waals surface area contributed by atoms with E-state index in [4.69, 9.17) is 17.3 Å². The van der Waals surface area contributed by atoms with Crippen LogP contribution in [0.15, 0.2) is 18.7 Å². The number of imidazole rings is 1. The molecule has 0 bridgehead atoms. The summed E-state index contributed by atoms with van der Waals surface area (Å²) >= 11 is 6.11. The Balaban J connectivity index is 1.94. The molecule has 2 N–H and O–H groups in total. The topological polar surface area (TPSA) is 72.9 Å². The molecule has 88 valence electrons. The SMILES string of the molecule is Nc1ncnc(N2CCn3ccnc3C2)c1Cl. The number of halogens is 1. The molecule has 7 heteroatoms. The number of hydrogen-bond donors (Lipinski definition) is 1. The molecular formula is C10H11ClN6. The lowest BCUT2D eigenvalue weighted by Crippen LogP contribution is -2.34. The van der Waals surface area contributed by atoms with Crippen molar-refractivity contribution < 1.29 is 0 Å². The van der Waals surface area contributed by atoms with Gasteiger partial charge in [0.1, 0.15) is 23.0 Å². The van der Waals surface area contributed by atoms with E-state index in [0.29, 0.717) is 23.2 Å². The number of fused-ring (bicyclic) bond motifs is 1. The van der Waals surface area contributed by atoms with Crippen LogP contribution in [0.3, 0.4) is 0 Å². The van der Waals surface area contributed by atoms with Crippen molar-refractivity contribution in [2.45, 2.75) is 13.1 Å². The van der Waals surface area contributed by atoms with Crippen LogP contribution in [0.5, 0.6) is 0 Å². The lowest BCUT2D eigenvalue weighted by Gasteiger charge is -2.29. The molecule has 6 nitrogen and oxygen atoms in total. The van der Waals surface area contributed by atoms with Crippen LogP contribution in [-0.2, 0) is 13.1 Å². The van der Waals surface area contributed by atoms with Crippen LogP contribution in [0.1, 0.15) is 5.82 Å². The van der Waals surface area contributed by atoms with Crippen LogP contribution in [-0.4, -0.2) is 26.1 Å². The van der Waals surface area contributed by atoms with E-state index in [9.17, 15) is 0 Å². The molecule has 0 spiro atoms. The Kier molecular flexibility index (Phi) is 2.36. The number of nitrogens with zero attached hydrogens (tertiary/aromatic N) is 5. The third kappa shape index (κ3) is 1.70. The summed E-state index contributed by atoms with van der Waals surface area (Å²) in [6, 6.07) is 0. The van der Waals surface area contributed by atoms with E-state index in [-0.39, 0.29) is 0 Å². The van der Waals surface area contributed by atoms with Crippen LogP contribution in [0, 0.1) is 0 Å². The van der Waals surface area contributed by atoms with Crippen molar-refractivity contribution in [2.24, 2.45) is 0 Å². The van der Waals surface area contributed by atoms with Crippen LogP contribution < -0.4 is 10.6 Å². The first-order valence-electron chi connectivity index (χ1n) is 5.26.